The number of hydrogen-bond donors (Lipinski definition) is 2. The second-order valence-corrected chi connectivity index (χ2v) is 4.05. The molecule has 0 aliphatic rings. The molecule has 1 unspecified atom stereocenters. The SMILES string of the molecule is COCCNCc1nnc(NC(C)c2ccco2)o1. The molecule has 0 fully saturated rings. The second-order valence-electron chi connectivity index (χ2n) is 4.05. The van der Waals surface area contributed by atoms with Crippen molar-refractivity contribution in [3.63, 3.8) is 0 Å². The van der Waals surface area contributed by atoms with Gasteiger partial charge in [-0.25, -0.2) is 0 Å². The Morgan fingerprint density at radius 3 is 3.05 bits per heavy atom. The van der Waals surface area contributed by atoms with Crippen LogP contribution in [-0.2, 0) is 11.3 Å². The lowest BCUT2D eigenvalue weighted by atomic mass is 10.3. The maximum atomic E-state index is 5.45. The van der Waals surface area contributed by atoms with Crippen molar-refractivity contribution in [3.8, 4) is 0 Å². The van der Waals surface area contributed by atoms with Crippen LogP contribution in [0.3, 0.4) is 0 Å². The monoisotopic (exact) mass is 266 g/mol. The highest BCUT2D eigenvalue weighted by atomic mass is 16.5. The minimum absolute atomic E-state index is 0.0234. The summed E-state index contributed by atoms with van der Waals surface area (Å²) in [6, 6.07) is 4.09. The molecule has 7 heteroatoms. The Balaban J connectivity index is 1.80. The van der Waals surface area contributed by atoms with Gasteiger partial charge in [0.15, 0.2) is 0 Å². The van der Waals surface area contributed by atoms with Crippen molar-refractivity contribution in [2.75, 3.05) is 25.6 Å². The molecule has 2 N–H and O–H groups in total. The van der Waals surface area contributed by atoms with E-state index in [9.17, 15) is 0 Å². The van der Waals surface area contributed by atoms with E-state index in [1.54, 1.807) is 13.4 Å². The van der Waals surface area contributed by atoms with Gasteiger partial charge >= 0.3 is 6.01 Å². The zero-order valence-corrected chi connectivity index (χ0v) is 11.0. The molecule has 1 atom stereocenters. The third-order valence-electron chi connectivity index (χ3n) is 2.54. The molecule has 19 heavy (non-hydrogen) atoms. The van der Waals surface area contributed by atoms with Crippen molar-refractivity contribution >= 4 is 6.01 Å². The van der Waals surface area contributed by atoms with Gasteiger partial charge in [-0.15, -0.1) is 5.10 Å². The molecule has 2 aromatic heterocycles. The Morgan fingerprint density at radius 1 is 1.42 bits per heavy atom. The number of nitrogens with zero attached hydrogens (tertiary/aromatic N) is 2. The van der Waals surface area contributed by atoms with E-state index in [-0.39, 0.29) is 6.04 Å². The van der Waals surface area contributed by atoms with Crippen LogP contribution >= 0.6 is 0 Å². The third-order valence-corrected chi connectivity index (χ3v) is 2.54. The molecule has 0 aromatic carbocycles. The van der Waals surface area contributed by atoms with Crippen molar-refractivity contribution in [1.29, 1.82) is 0 Å². The average Bonchev–Trinajstić information content (AvgIpc) is 3.06. The zero-order valence-electron chi connectivity index (χ0n) is 11.0. The number of anilines is 1. The standard InChI is InChI=1S/C12H18N4O3/c1-9(10-4-3-6-18-10)14-12-16-15-11(19-12)8-13-5-7-17-2/h3-4,6,9,13H,5,7-8H2,1-2H3,(H,14,16). The predicted octanol–water partition coefficient (Wildman–Crippen LogP) is 1.57. The van der Waals surface area contributed by atoms with Crippen molar-refractivity contribution in [2.24, 2.45) is 0 Å². The van der Waals surface area contributed by atoms with Gasteiger partial charge in [0.1, 0.15) is 5.76 Å². The summed E-state index contributed by atoms with van der Waals surface area (Å²) in [5.41, 5.74) is 0. The molecule has 0 aliphatic carbocycles. The van der Waals surface area contributed by atoms with E-state index in [0.717, 1.165) is 12.3 Å². The minimum atomic E-state index is -0.0234. The maximum Gasteiger partial charge on any atom is 0.316 e. The fourth-order valence-corrected chi connectivity index (χ4v) is 1.55. The zero-order chi connectivity index (χ0) is 13.5. The number of ether oxygens (including phenoxy) is 1. The topological polar surface area (TPSA) is 85.4 Å². The summed E-state index contributed by atoms with van der Waals surface area (Å²) < 4.78 is 15.7. The Bertz CT molecular complexity index is 469. The molecule has 0 radical (unpaired) electrons. The first-order valence-electron chi connectivity index (χ1n) is 6.11. The Labute approximate surface area is 111 Å². The van der Waals surface area contributed by atoms with E-state index >= 15 is 0 Å². The van der Waals surface area contributed by atoms with Crippen LogP contribution < -0.4 is 10.6 Å². The predicted molar refractivity (Wildman–Crippen MR) is 68.6 cm³/mol. The van der Waals surface area contributed by atoms with Gasteiger partial charge in [0.25, 0.3) is 0 Å². The van der Waals surface area contributed by atoms with Crippen LogP contribution in [0, 0.1) is 0 Å². The number of aromatic nitrogens is 2. The van der Waals surface area contributed by atoms with E-state index in [2.05, 4.69) is 20.8 Å². The number of methoxy groups -OCH3 is 1. The lowest BCUT2D eigenvalue weighted by Gasteiger charge is -2.07. The lowest BCUT2D eigenvalue weighted by molar-refractivity contribution is 0.198. The van der Waals surface area contributed by atoms with Crippen molar-refractivity contribution < 1.29 is 13.6 Å². The van der Waals surface area contributed by atoms with Gasteiger partial charge in [0.2, 0.25) is 5.89 Å². The Morgan fingerprint density at radius 2 is 2.32 bits per heavy atom. The van der Waals surface area contributed by atoms with Gasteiger partial charge in [-0.05, 0) is 19.1 Å². The summed E-state index contributed by atoms with van der Waals surface area (Å²) in [6.07, 6.45) is 1.63. The maximum absolute atomic E-state index is 5.45. The van der Waals surface area contributed by atoms with Gasteiger partial charge in [-0.3, -0.25) is 0 Å². The molecule has 104 valence electrons. The number of furan rings is 1. The fourth-order valence-electron chi connectivity index (χ4n) is 1.55. The largest absolute Gasteiger partial charge is 0.467 e. The molecule has 0 amide bonds. The van der Waals surface area contributed by atoms with Crippen LogP contribution in [0.5, 0.6) is 0 Å². The Kier molecular flexibility index (Phi) is 4.93. The van der Waals surface area contributed by atoms with Crippen LogP contribution in [0.1, 0.15) is 24.6 Å². The molecular formula is C12H18N4O3. The number of hydrogen-bond acceptors (Lipinski definition) is 7. The van der Waals surface area contributed by atoms with Crippen molar-refractivity contribution in [2.45, 2.75) is 19.5 Å². The van der Waals surface area contributed by atoms with E-state index in [0.29, 0.717) is 25.1 Å². The van der Waals surface area contributed by atoms with Crippen LogP contribution in [0.4, 0.5) is 6.01 Å². The first kappa shape index (κ1) is 13.6. The number of nitrogens with one attached hydrogen (secondary N) is 2. The molecule has 7 nitrogen and oxygen atoms in total. The lowest BCUT2D eigenvalue weighted by Crippen LogP contribution is -2.18. The first-order valence-corrected chi connectivity index (χ1v) is 6.11. The van der Waals surface area contributed by atoms with Crippen LogP contribution in [-0.4, -0.2) is 30.5 Å². The molecule has 0 saturated heterocycles. The van der Waals surface area contributed by atoms with Crippen molar-refractivity contribution in [1.82, 2.24) is 15.5 Å². The highest BCUT2D eigenvalue weighted by Crippen LogP contribution is 2.18. The molecular weight excluding hydrogens is 248 g/mol. The highest BCUT2D eigenvalue weighted by molar-refractivity contribution is 5.23. The smallest absolute Gasteiger partial charge is 0.316 e. The van der Waals surface area contributed by atoms with Crippen LogP contribution in [0.2, 0.25) is 0 Å². The second kappa shape index (κ2) is 6.91. The Hall–Kier alpha value is -1.86. The van der Waals surface area contributed by atoms with E-state index < -0.39 is 0 Å². The summed E-state index contributed by atoms with van der Waals surface area (Å²) in [6.45, 7) is 3.87. The van der Waals surface area contributed by atoms with E-state index in [4.69, 9.17) is 13.6 Å². The first-order chi connectivity index (χ1) is 9.29. The molecule has 0 saturated carbocycles. The normalized spacial score (nSPS) is 12.5. The van der Waals surface area contributed by atoms with Gasteiger partial charge in [0.05, 0.1) is 25.5 Å². The summed E-state index contributed by atoms with van der Waals surface area (Å²) in [5.74, 6) is 1.35. The molecule has 0 bridgehead atoms. The third kappa shape index (κ3) is 4.08. The minimum Gasteiger partial charge on any atom is -0.467 e. The summed E-state index contributed by atoms with van der Waals surface area (Å²) in [4.78, 5) is 0. The number of rotatable bonds is 8. The van der Waals surface area contributed by atoms with Crippen molar-refractivity contribution in [3.05, 3.63) is 30.0 Å². The van der Waals surface area contributed by atoms with Gasteiger partial charge < -0.3 is 24.2 Å². The summed E-state index contributed by atoms with van der Waals surface area (Å²) in [7, 11) is 1.66. The summed E-state index contributed by atoms with van der Waals surface area (Å²) >= 11 is 0. The average molecular weight is 266 g/mol. The van der Waals surface area contributed by atoms with E-state index in [1.165, 1.54) is 0 Å². The van der Waals surface area contributed by atoms with Gasteiger partial charge in [0, 0.05) is 13.7 Å². The molecule has 0 aliphatic heterocycles. The van der Waals surface area contributed by atoms with Gasteiger partial charge in [-0.2, -0.15) is 0 Å². The highest BCUT2D eigenvalue weighted by Gasteiger charge is 2.12. The molecule has 0 spiro atoms. The molecule has 2 heterocycles. The molecule has 2 rings (SSSR count). The molecule has 2 aromatic rings. The summed E-state index contributed by atoms with van der Waals surface area (Å²) in [5, 5.41) is 14.1. The van der Waals surface area contributed by atoms with Crippen LogP contribution in [0.25, 0.3) is 0 Å². The quantitative estimate of drug-likeness (QED) is 0.701. The van der Waals surface area contributed by atoms with Gasteiger partial charge in [-0.1, -0.05) is 5.10 Å². The van der Waals surface area contributed by atoms with Crippen LogP contribution in [0.15, 0.2) is 27.2 Å². The fraction of sp³-hybridized carbons (Fsp3) is 0.500. The van der Waals surface area contributed by atoms with E-state index in [1.807, 2.05) is 19.1 Å².